The number of benzene rings is 1. The molecule has 1 heterocycles. The van der Waals surface area contributed by atoms with Crippen molar-refractivity contribution in [3.8, 4) is 0 Å². The van der Waals surface area contributed by atoms with Gasteiger partial charge in [-0.05, 0) is 30.3 Å². The number of carbonyl (C=O) groups excluding carboxylic acids is 2. The van der Waals surface area contributed by atoms with Crippen LogP contribution in [0.5, 0.6) is 0 Å². The smallest absolute Gasteiger partial charge is 0.260 e. The van der Waals surface area contributed by atoms with E-state index in [4.69, 9.17) is 4.43 Å². The van der Waals surface area contributed by atoms with Crippen molar-refractivity contribution in [3.05, 3.63) is 35.9 Å². The van der Waals surface area contributed by atoms with Crippen LogP contribution in [0.15, 0.2) is 30.3 Å². The van der Waals surface area contributed by atoms with Crippen LogP contribution >= 0.6 is 0 Å². The van der Waals surface area contributed by atoms with Crippen LogP contribution in [0.3, 0.4) is 0 Å². The average molecular weight is 305 g/mol. The van der Waals surface area contributed by atoms with Crippen molar-refractivity contribution in [1.82, 2.24) is 4.90 Å². The van der Waals surface area contributed by atoms with E-state index in [9.17, 15) is 9.59 Å². The van der Waals surface area contributed by atoms with Gasteiger partial charge < -0.3 is 4.43 Å². The summed E-state index contributed by atoms with van der Waals surface area (Å²) in [5, 5.41) is 0.0527. The van der Waals surface area contributed by atoms with Crippen molar-refractivity contribution < 1.29 is 14.0 Å². The Hall–Kier alpha value is -1.46. The van der Waals surface area contributed by atoms with Gasteiger partial charge in [-0.15, -0.1) is 0 Å². The zero-order chi connectivity index (χ0) is 15.8. The topological polar surface area (TPSA) is 46.6 Å². The molecule has 1 aliphatic rings. The minimum atomic E-state index is -1.98. The molecule has 0 spiro atoms. The lowest BCUT2D eigenvalue weighted by Gasteiger charge is -2.44. The van der Waals surface area contributed by atoms with Crippen LogP contribution in [0, 0.1) is 0 Å². The number of nitrogens with zero attached hydrogens (tertiary/aromatic N) is 1. The molecule has 0 aromatic heterocycles. The Morgan fingerprint density at radius 1 is 1.24 bits per heavy atom. The maximum Gasteiger partial charge on any atom is 0.260 e. The molecule has 1 aromatic carbocycles. The monoisotopic (exact) mass is 305 g/mol. The fourth-order valence-corrected chi connectivity index (χ4v) is 3.18. The van der Waals surface area contributed by atoms with Crippen molar-refractivity contribution in [3.63, 3.8) is 0 Å². The van der Waals surface area contributed by atoms with Crippen molar-refractivity contribution in [2.24, 2.45) is 0 Å². The van der Waals surface area contributed by atoms with Crippen molar-refractivity contribution >= 4 is 20.1 Å². The fourth-order valence-electron chi connectivity index (χ4n) is 1.93. The molecule has 21 heavy (non-hydrogen) atoms. The van der Waals surface area contributed by atoms with Crippen LogP contribution in [0.4, 0.5) is 0 Å². The molecule has 1 aliphatic heterocycles. The highest BCUT2D eigenvalue weighted by Gasteiger charge is 2.48. The minimum Gasteiger partial charge on any atom is -0.403 e. The number of carbonyl (C=O) groups is 2. The Kier molecular flexibility index (Phi) is 4.08. The van der Waals surface area contributed by atoms with Gasteiger partial charge in [-0.2, -0.15) is 0 Å². The zero-order valence-corrected chi connectivity index (χ0v) is 14.3. The second kappa shape index (κ2) is 5.39. The van der Waals surface area contributed by atoms with Gasteiger partial charge in [-0.25, -0.2) is 0 Å². The highest BCUT2D eigenvalue weighted by Crippen LogP contribution is 2.38. The lowest BCUT2D eigenvalue weighted by Crippen LogP contribution is -2.63. The van der Waals surface area contributed by atoms with Crippen LogP contribution in [0.1, 0.15) is 31.1 Å². The first-order valence-electron chi connectivity index (χ1n) is 7.22. The molecule has 1 fully saturated rings. The third-order valence-corrected chi connectivity index (χ3v) is 8.88. The van der Waals surface area contributed by atoms with E-state index >= 15 is 0 Å². The Balaban J connectivity index is 2.00. The molecule has 0 unspecified atom stereocenters. The Morgan fingerprint density at radius 2 is 1.81 bits per heavy atom. The number of rotatable bonds is 3. The molecule has 114 valence electrons. The SMILES string of the molecule is CC(C)(C)[Si](C)(C)O[C@@H]1CN(C(=O)c2ccccc2)C1=O. The van der Waals surface area contributed by atoms with Crippen molar-refractivity contribution in [2.45, 2.75) is 45.0 Å². The van der Waals surface area contributed by atoms with Gasteiger partial charge in [-0.1, -0.05) is 39.0 Å². The third-order valence-electron chi connectivity index (χ3n) is 4.40. The highest BCUT2D eigenvalue weighted by atomic mass is 28.4. The molecule has 2 amide bonds. The molecule has 0 N–H and O–H groups in total. The Bertz CT molecular complexity index is 548. The van der Waals surface area contributed by atoms with Crippen LogP contribution in [-0.2, 0) is 9.22 Å². The van der Waals surface area contributed by atoms with Crippen LogP contribution in [0.25, 0.3) is 0 Å². The number of likely N-dealkylation sites (tertiary alicyclic amines) is 1. The van der Waals surface area contributed by atoms with Gasteiger partial charge in [0.1, 0.15) is 6.10 Å². The summed E-state index contributed by atoms with van der Waals surface area (Å²) in [6, 6.07) is 8.87. The summed E-state index contributed by atoms with van der Waals surface area (Å²) in [5.41, 5.74) is 0.539. The molecular weight excluding hydrogens is 282 g/mol. The second-order valence-electron chi connectivity index (χ2n) is 6.99. The Morgan fingerprint density at radius 3 is 2.29 bits per heavy atom. The molecule has 1 saturated heterocycles. The predicted molar refractivity (Wildman–Crippen MR) is 84.6 cm³/mol. The van der Waals surface area contributed by atoms with Crippen LogP contribution in [-0.4, -0.2) is 37.7 Å². The highest BCUT2D eigenvalue weighted by molar-refractivity contribution is 6.74. The summed E-state index contributed by atoms with van der Waals surface area (Å²) in [6.45, 7) is 11.0. The lowest BCUT2D eigenvalue weighted by molar-refractivity contribution is -0.149. The number of β-lactam (4-membered cyclic amide) rings is 1. The van der Waals surface area contributed by atoms with Gasteiger partial charge in [0, 0.05) is 5.56 Å². The van der Waals surface area contributed by atoms with Gasteiger partial charge >= 0.3 is 0 Å². The lowest BCUT2D eigenvalue weighted by atomic mass is 10.1. The molecule has 1 atom stereocenters. The molecule has 2 rings (SSSR count). The van der Waals surface area contributed by atoms with E-state index in [1.807, 2.05) is 6.07 Å². The second-order valence-corrected chi connectivity index (χ2v) is 11.7. The van der Waals surface area contributed by atoms with E-state index in [1.54, 1.807) is 24.3 Å². The van der Waals surface area contributed by atoms with E-state index in [1.165, 1.54) is 4.90 Å². The van der Waals surface area contributed by atoms with Crippen LogP contribution < -0.4 is 0 Å². The minimum absolute atomic E-state index is 0.0527. The third kappa shape index (κ3) is 3.08. The predicted octanol–water partition coefficient (Wildman–Crippen LogP) is 3.06. The van der Waals surface area contributed by atoms with Crippen molar-refractivity contribution in [1.29, 1.82) is 0 Å². The van der Waals surface area contributed by atoms with E-state index in [-0.39, 0.29) is 16.9 Å². The van der Waals surface area contributed by atoms with Gasteiger partial charge in [0.2, 0.25) is 0 Å². The molecule has 0 radical (unpaired) electrons. The van der Waals surface area contributed by atoms with E-state index < -0.39 is 14.4 Å². The van der Waals surface area contributed by atoms with E-state index in [2.05, 4.69) is 33.9 Å². The number of amides is 2. The molecule has 0 aliphatic carbocycles. The molecular formula is C16H23NO3Si. The standard InChI is InChI=1S/C16H23NO3Si/c1-16(2,3)21(4,5)20-13-11-17(15(13)19)14(18)12-9-7-6-8-10-12/h6-10,13H,11H2,1-5H3/t13-/m1/s1. The summed E-state index contributed by atoms with van der Waals surface area (Å²) >= 11 is 0. The summed E-state index contributed by atoms with van der Waals surface area (Å²) < 4.78 is 6.06. The van der Waals surface area contributed by atoms with Gasteiger partial charge in [0.25, 0.3) is 11.8 Å². The summed E-state index contributed by atoms with van der Waals surface area (Å²) in [4.78, 5) is 25.7. The van der Waals surface area contributed by atoms with E-state index in [0.717, 1.165) is 0 Å². The maximum absolute atomic E-state index is 12.2. The molecule has 5 heteroatoms. The molecule has 4 nitrogen and oxygen atoms in total. The largest absolute Gasteiger partial charge is 0.403 e. The first kappa shape index (κ1) is 15.9. The summed E-state index contributed by atoms with van der Waals surface area (Å²) in [5.74, 6) is -0.454. The summed E-state index contributed by atoms with van der Waals surface area (Å²) in [7, 11) is -1.98. The number of imide groups is 1. The quantitative estimate of drug-likeness (QED) is 0.490. The van der Waals surface area contributed by atoms with E-state index in [0.29, 0.717) is 12.1 Å². The first-order chi connectivity index (χ1) is 9.63. The fraction of sp³-hybridized carbons (Fsp3) is 0.500. The molecule has 1 aromatic rings. The first-order valence-corrected chi connectivity index (χ1v) is 10.1. The van der Waals surface area contributed by atoms with Crippen molar-refractivity contribution in [2.75, 3.05) is 6.54 Å². The van der Waals surface area contributed by atoms with Gasteiger partial charge in [0.15, 0.2) is 8.32 Å². The van der Waals surface area contributed by atoms with Crippen LogP contribution in [0.2, 0.25) is 18.1 Å². The molecule has 0 saturated carbocycles. The molecule has 0 bridgehead atoms. The summed E-state index contributed by atoms with van der Waals surface area (Å²) in [6.07, 6.45) is -0.460. The zero-order valence-electron chi connectivity index (χ0n) is 13.3. The Labute approximate surface area is 127 Å². The number of hydrogen-bond acceptors (Lipinski definition) is 3. The number of hydrogen-bond donors (Lipinski definition) is 0. The average Bonchev–Trinajstić information content (AvgIpc) is 2.41. The normalized spacial score (nSPS) is 19.4. The maximum atomic E-state index is 12.2. The van der Waals surface area contributed by atoms with Gasteiger partial charge in [0.05, 0.1) is 6.54 Å². The van der Waals surface area contributed by atoms with Gasteiger partial charge in [-0.3, -0.25) is 14.5 Å².